The van der Waals surface area contributed by atoms with E-state index in [1.807, 2.05) is 24.3 Å². The minimum atomic E-state index is -0.210. The number of rotatable bonds is 5. The van der Waals surface area contributed by atoms with E-state index < -0.39 is 0 Å². The molecule has 0 N–H and O–H groups in total. The van der Waals surface area contributed by atoms with Gasteiger partial charge in [0.1, 0.15) is 5.75 Å². The van der Waals surface area contributed by atoms with E-state index in [9.17, 15) is 4.79 Å². The number of pyridine rings is 1. The Bertz CT molecular complexity index is 534. The van der Waals surface area contributed by atoms with Crippen LogP contribution in [-0.4, -0.2) is 24.7 Å². The van der Waals surface area contributed by atoms with Crippen LogP contribution in [0.25, 0.3) is 10.8 Å². The van der Waals surface area contributed by atoms with Crippen molar-refractivity contribution in [3.05, 3.63) is 36.7 Å². The van der Waals surface area contributed by atoms with Crippen molar-refractivity contribution in [2.75, 3.05) is 13.7 Å². The van der Waals surface area contributed by atoms with Gasteiger partial charge >= 0.3 is 5.97 Å². The van der Waals surface area contributed by atoms with E-state index in [0.717, 1.165) is 16.5 Å². The summed E-state index contributed by atoms with van der Waals surface area (Å²) in [7, 11) is 1.39. The number of carbonyl (C=O) groups is 1. The standard InChI is InChI=1S/C14H15NO3/c1-17-14(16)6-3-9-18-13-5-2-4-11-7-8-15-10-12(11)13/h2,4-5,7-8,10H,3,6,9H2,1H3. The molecule has 0 unspecified atom stereocenters. The average Bonchev–Trinajstić information content (AvgIpc) is 2.43. The largest absolute Gasteiger partial charge is 0.493 e. The molecular formula is C14H15NO3. The molecule has 0 fully saturated rings. The van der Waals surface area contributed by atoms with Gasteiger partial charge in [0.15, 0.2) is 0 Å². The van der Waals surface area contributed by atoms with E-state index in [1.165, 1.54) is 7.11 Å². The van der Waals surface area contributed by atoms with Crippen LogP contribution in [0, 0.1) is 0 Å². The highest BCUT2D eigenvalue weighted by atomic mass is 16.5. The molecule has 0 spiro atoms. The van der Waals surface area contributed by atoms with Gasteiger partial charge in [0.05, 0.1) is 13.7 Å². The molecule has 4 heteroatoms. The van der Waals surface area contributed by atoms with Gasteiger partial charge in [-0.15, -0.1) is 0 Å². The molecule has 0 amide bonds. The van der Waals surface area contributed by atoms with Gasteiger partial charge in [0.2, 0.25) is 0 Å². The number of nitrogens with zero attached hydrogens (tertiary/aromatic N) is 1. The highest BCUT2D eigenvalue weighted by Gasteiger charge is 2.03. The summed E-state index contributed by atoms with van der Waals surface area (Å²) in [5, 5.41) is 2.08. The highest BCUT2D eigenvalue weighted by Crippen LogP contribution is 2.24. The average molecular weight is 245 g/mol. The second kappa shape index (κ2) is 6.00. The second-order valence-corrected chi connectivity index (χ2v) is 3.88. The van der Waals surface area contributed by atoms with Crippen LogP contribution in [-0.2, 0) is 9.53 Å². The normalized spacial score (nSPS) is 10.3. The fraction of sp³-hybridized carbons (Fsp3) is 0.286. The molecule has 2 rings (SSSR count). The SMILES string of the molecule is COC(=O)CCCOc1cccc2ccncc12. The third-order valence-electron chi connectivity index (χ3n) is 2.65. The molecule has 18 heavy (non-hydrogen) atoms. The van der Waals surface area contributed by atoms with Crippen LogP contribution in [0.15, 0.2) is 36.7 Å². The first-order valence-corrected chi connectivity index (χ1v) is 5.83. The minimum Gasteiger partial charge on any atom is -0.493 e. The number of fused-ring (bicyclic) bond motifs is 1. The predicted octanol–water partition coefficient (Wildman–Crippen LogP) is 2.57. The molecular weight excluding hydrogens is 230 g/mol. The molecule has 0 radical (unpaired) electrons. The Morgan fingerprint density at radius 2 is 2.22 bits per heavy atom. The molecule has 0 saturated heterocycles. The summed E-state index contributed by atoms with van der Waals surface area (Å²) < 4.78 is 10.2. The van der Waals surface area contributed by atoms with Crippen LogP contribution in [0.5, 0.6) is 5.75 Å². The zero-order valence-corrected chi connectivity index (χ0v) is 10.3. The third-order valence-corrected chi connectivity index (χ3v) is 2.65. The van der Waals surface area contributed by atoms with Crippen molar-refractivity contribution >= 4 is 16.7 Å². The van der Waals surface area contributed by atoms with Crippen LogP contribution < -0.4 is 4.74 Å². The maximum atomic E-state index is 10.9. The number of benzene rings is 1. The van der Waals surface area contributed by atoms with Crippen molar-refractivity contribution in [2.45, 2.75) is 12.8 Å². The van der Waals surface area contributed by atoms with Crippen LogP contribution in [0.1, 0.15) is 12.8 Å². The van der Waals surface area contributed by atoms with Gasteiger partial charge in [-0.25, -0.2) is 0 Å². The molecule has 0 aliphatic carbocycles. The van der Waals surface area contributed by atoms with Crippen LogP contribution in [0.2, 0.25) is 0 Å². The van der Waals surface area contributed by atoms with Gasteiger partial charge < -0.3 is 9.47 Å². The number of methoxy groups -OCH3 is 1. The third kappa shape index (κ3) is 2.97. The lowest BCUT2D eigenvalue weighted by molar-refractivity contribution is -0.140. The molecule has 0 bridgehead atoms. The van der Waals surface area contributed by atoms with Crippen molar-refractivity contribution in [1.29, 1.82) is 0 Å². The van der Waals surface area contributed by atoms with E-state index in [4.69, 9.17) is 4.74 Å². The molecule has 94 valence electrons. The Hall–Kier alpha value is -2.10. The summed E-state index contributed by atoms with van der Waals surface area (Å²) in [5.74, 6) is 0.587. The van der Waals surface area contributed by atoms with Crippen LogP contribution >= 0.6 is 0 Å². The summed E-state index contributed by atoms with van der Waals surface area (Å²) in [6.45, 7) is 0.489. The minimum absolute atomic E-state index is 0.210. The molecule has 0 saturated carbocycles. The van der Waals surface area contributed by atoms with E-state index in [2.05, 4.69) is 9.72 Å². The van der Waals surface area contributed by atoms with E-state index in [-0.39, 0.29) is 5.97 Å². The predicted molar refractivity (Wildman–Crippen MR) is 68.5 cm³/mol. The Morgan fingerprint density at radius 3 is 3.06 bits per heavy atom. The van der Waals surface area contributed by atoms with E-state index in [1.54, 1.807) is 12.4 Å². The highest BCUT2D eigenvalue weighted by molar-refractivity contribution is 5.87. The van der Waals surface area contributed by atoms with E-state index >= 15 is 0 Å². The lowest BCUT2D eigenvalue weighted by Gasteiger charge is -2.08. The summed E-state index contributed by atoms with van der Waals surface area (Å²) in [5.41, 5.74) is 0. The number of esters is 1. The first-order valence-electron chi connectivity index (χ1n) is 5.83. The van der Waals surface area contributed by atoms with Crippen molar-refractivity contribution in [1.82, 2.24) is 4.98 Å². The van der Waals surface area contributed by atoms with Gasteiger partial charge in [-0.2, -0.15) is 0 Å². The number of hydrogen-bond acceptors (Lipinski definition) is 4. The number of aromatic nitrogens is 1. The van der Waals surface area contributed by atoms with E-state index in [0.29, 0.717) is 19.4 Å². The first-order chi connectivity index (χ1) is 8.81. The van der Waals surface area contributed by atoms with Crippen molar-refractivity contribution in [3.63, 3.8) is 0 Å². The van der Waals surface area contributed by atoms with Crippen molar-refractivity contribution in [2.24, 2.45) is 0 Å². The molecule has 4 nitrogen and oxygen atoms in total. The van der Waals surface area contributed by atoms with Gasteiger partial charge in [-0.1, -0.05) is 12.1 Å². The van der Waals surface area contributed by atoms with Crippen molar-refractivity contribution in [3.8, 4) is 5.75 Å². The molecule has 1 aromatic carbocycles. The zero-order chi connectivity index (χ0) is 12.8. The van der Waals surface area contributed by atoms with Crippen molar-refractivity contribution < 1.29 is 14.3 Å². The zero-order valence-electron chi connectivity index (χ0n) is 10.3. The molecule has 0 aliphatic rings. The quantitative estimate of drug-likeness (QED) is 0.600. The molecule has 1 heterocycles. The van der Waals surface area contributed by atoms with Gasteiger partial charge in [-0.3, -0.25) is 9.78 Å². The second-order valence-electron chi connectivity index (χ2n) is 3.88. The summed E-state index contributed by atoms with van der Waals surface area (Å²) in [6, 6.07) is 7.80. The Morgan fingerprint density at radius 1 is 1.33 bits per heavy atom. The monoisotopic (exact) mass is 245 g/mol. The van der Waals surface area contributed by atoms with Crippen LogP contribution in [0.4, 0.5) is 0 Å². The summed E-state index contributed by atoms with van der Waals surface area (Å²) in [6.07, 6.45) is 4.55. The molecule has 2 aromatic rings. The van der Waals surface area contributed by atoms with Gasteiger partial charge in [0, 0.05) is 24.2 Å². The number of carbonyl (C=O) groups excluding carboxylic acids is 1. The smallest absolute Gasteiger partial charge is 0.305 e. The summed E-state index contributed by atoms with van der Waals surface area (Å²) >= 11 is 0. The maximum absolute atomic E-state index is 10.9. The molecule has 0 atom stereocenters. The lowest BCUT2D eigenvalue weighted by Crippen LogP contribution is -2.04. The van der Waals surface area contributed by atoms with Crippen LogP contribution in [0.3, 0.4) is 0 Å². The lowest BCUT2D eigenvalue weighted by atomic mass is 10.1. The van der Waals surface area contributed by atoms with Gasteiger partial charge in [-0.05, 0) is 23.9 Å². The fourth-order valence-electron chi connectivity index (χ4n) is 1.71. The molecule has 1 aromatic heterocycles. The van der Waals surface area contributed by atoms with Gasteiger partial charge in [0.25, 0.3) is 0 Å². The Kier molecular flexibility index (Phi) is 4.12. The fourth-order valence-corrected chi connectivity index (χ4v) is 1.71. The molecule has 0 aliphatic heterocycles. The Labute approximate surface area is 106 Å². The number of hydrogen-bond donors (Lipinski definition) is 0. The Balaban J connectivity index is 1.97. The summed E-state index contributed by atoms with van der Waals surface area (Å²) in [4.78, 5) is 15.0. The topological polar surface area (TPSA) is 48.4 Å². The first kappa shape index (κ1) is 12.4. The maximum Gasteiger partial charge on any atom is 0.305 e. The number of ether oxygens (including phenoxy) is 2.